The van der Waals surface area contributed by atoms with Crippen LogP contribution in [0, 0.1) is 6.92 Å². The molecule has 2 radical (unpaired) electrons. The molecule has 9 heavy (non-hydrogen) atoms. The van der Waals surface area contributed by atoms with E-state index < -0.39 is 5.79 Å². The van der Waals surface area contributed by atoms with Gasteiger partial charge in [-0.1, -0.05) is 0 Å². The second-order valence-electron chi connectivity index (χ2n) is 2.69. The molecule has 1 aliphatic rings. The molecule has 0 aliphatic carbocycles. The maximum Gasteiger partial charge on any atom is 0.163 e. The summed E-state index contributed by atoms with van der Waals surface area (Å²) in [5.74, 6) is -0.413. The van der Waals surface area contributed by atoms with Crippen molar-refractivity contribution in [3.8, 4) is 0 Å². The van der Waals surface area contributed by atoms with E-state index in [0.717, 1.165) is 0 Å². The second kappa shape index (κ2) is 2.27. The van der Waals surface area contributed by atoms with Gasteiger partial charge >= 0.3 is 0 Å². The highest BCUT2D eigenvalue weighted by Gasteiger charge is 2.31. The van der Waals surface area contributed by atoms with Crippen LogP contribution in [-0.4, -0.2) is 18.5 Å². The van der Waals surface area contributed by atoms with E-state index in [0.29, 0.717) is 13.0 Å². The smallest absolute Gasteiger partial charge is 0.163 e. The van der Waals surface area contributed by atoms with Crippen LogP contribution >= 0.6 is 0 Å². The molecule has 0 amide bonds. The molecule has 0 N–H and O–H groups in total. The fourth-order valence-electron chi connectivity index (χ4n) is 0.879. The van der Waals surface area contributed by atoms with Gasteiger partial charge < -0.3 is 9.47 Å². The van der Waals surface area contributed by atoms with Gasteiger partial charge in [-0.2, -0.15) is 0 Å². The highest BCUT2D eigenvalue weighted by molar-refractivity contribution is 4.70. The van der Waals surface area contributed by atoms with Crippen molar-refractivity contribution in [2.45, 2.75) is 32.2 Å². The molecule has 1 unspecified atom stereocenters. The molecule has 52 valence electrons. The lowest BCUT2D eigenvalue weighted by atomic mass is 10.3. The molecule has 0 aromatic carbocycles. The Morgan fingerprint density at radius 1 is 1.67 bits per heavy atom. The van der Waals surface area contributed by atoms with Gasteiger partial charge in [-0.05, 0) is 27.2 Å². The summed E-state index contributed by atoms with van der Waals surface area (Å²) in [4.78, 5) is 0. The Morgan fingerprint density at radius 3 is 2.56 bits per heavy atom. The number of ether oxygens (including phenoxy) is 2. The molecule has 1 rings (SSSR count). The zero-order chi connectivity index (χ0) is 6.91. The van der Waals surface area contributed by atoms with Crippen molar-refractivity contribution in [1.82, 2.24) is 0 Å². The Balaban J connectivity index is 2.38. The van der Waals surface area contributed by atoms with Crippen LogP contribution in [0.5, 0.6) is 0 Å². The molecule has 1 saturated heterocycles. The molecular weight excluding hydrogens is 116 g/mol. The molecule has 1 atom stereocenters. The fourth-order valence-corrected chi connectivity index (χ4v) is 0.879. The first kappa shape index (κ1) is 7.03. The first-order chi connectivity index (χ1) is 4.14. The maximum atomic E-state index is 5.35. The Bertz CT molecular complexity index is 99.1. The SMILES string of the molecule is [CH]CC1COC(C)(C)O1. The van der Waals surface area contributed by atoms with Crippen molar-refractivity contribution >= 4 is 0 Å². The van der Waals surface area contributed by atoms with E-state index >= 15 is 0 Å². The summed E-state index contributed by atoms with van der Waals surface area (Å²) in [5, 5.41) is 0. The lowest BCUT2D eigenvalue weighted by molar-refractivity contribution is -0.137. The van der Waals surface area contributed by atoms with E-state index in [-0.39, 0.29) is 6.10 Å². The predicted molar refractivity (Wildman–Crippen MR) is 33.8 cm³/mol. The molecule has 1 heterocycles. The third-order valence-corrected chi connectivity index (χ3v) is 1.33. The Hall–Kier alpha value is -0.0800. The predicted octanol–water partition coefficient (Wildman–Crippen LogP) is 1.24. The third-order valence-electron chi connectivity index (χ3n) is 1.33. The van der Waals surface area contributed by atoms with Crippen molar-refractivity contribution in [3.05, 3.63) is 6.92 Å². The quantitative estimate of drug-likeness (QED) is 0.529. The van der Waals surface area contributed by atoms with Gasteiger partial charge in [-0.15, -0.1) is 0 Å². The van der Waals surface area contributed by atoms with Crippen LogP contribution in [0.2, 0.25) is 0 Å². The van der Waals surface area contributed by atoms with Crippen molar-refractivity contribution < 1.29 is 9.47 Å². The monoisotopic (exact) mass is 128 g/mol. The zero-order valence-electron chi connectivity index (χ0n) is 5.89. The van der Waals surface area contributed by atoms with Gasteiger partial charge in [-0.3, -0.25) is 0 Å². The molecule has 2 nitrogen and oxygen atoms in total. The lowest BCUT2D eigenvalue weighted by Crippen LogP contribution is -2.21. The van der Waals surface area contributed by atoms with Crippen LogP contribution in [0.3, 0.4) is 0 Å². The first-order valence-electron chi connectivity index (χ1n) is 3.16. The van der Waals surface area contributed by atoms with Crippen LogP contribution in [0.25, 0.3) is 0 Å². The zero-order valence-corrected chi connectivity index (χ0v) is 5.89. The first-order valence-corrected chi connectivity index (χ1v) is 3.16. The van der Waals surface area contributed by atoms with Gasteiger partial charge in [0.15, 0.2) is 5.79 Å². The number of rotatable bonds is 1. The summed E-state index contributed by atoms with van der Waals surface area (Å²) in [6.45, 7) is 9.76. The Morgan fingerprint density at radius 2 is 2.33 bits per heavy atom. The standard InChI is InChI=1S/C7H12O2/c1-4-6-5-8-7(2,3)9-6/h1,6H,4-5H2,2-3H3. The fraction of sp³-hybridized carbons (Fsp3) is 0.857. The Kier molecular flexibility index (Phi) is 1.78. The average molecular weight is 128 g/mol. The minimum atomic E-state index is -0.413. The van der Waals surface area contributed by atoms with Crippen molar-refractivity contribution in [2.24, 2.45) is 0 Å². The largest absolute Gasteiger partial charge is 0.348 e. The van der Waals surface area contributed by atoms with Gasteiger partial charge in [0.25, 0.3) is 0 Å². The summed E-state index contributed by atoms with van der Waals surface area (Å²) >= 11 is 0. The van der Waals surface area contributed by atoms with E-state index in [4.69, 9.17) is 16.4 Å². The van der Waals surface area contributed by atoms with E-state index in [9.17, 15) is 0 Å². The number of hydrogen-bond acceptors (Lipinski definition) is 2. The molecule has 0 spiro atoms. The van der Waals surface area contributed by atoms with Gasteiger partial charge in [0.1, 0.15) is 0 Å². The lowest BCUT2D eigenvalue weighted by Gasteiger charge is -2.16. The van der Waals surface area contributed by atoms with Crippen molar-refractivity contribution in [3.63, 3.8) is 0 Å². The summed E-state index contributed by atoms with van der Waals surface area (Å²) < 4.78 is 10.6. The van der Waals surface area contributed by atoms with Crippen LogP contribution in [0.15, 0.2) is 0 Å². The van der Waals surface area contributed by atoms with Crippen LogP contribution in [-0.2, 0) is 9.47 Å². The molecule has 0 bridgehead atoms. The summed E-state index contributed by atoms with van der Waals surface area (Å²) in [7, 11) is 0. The molecule has 0 aromatic rings. The maximum absolute atomic E-state index is 5.35. The van der Waals surface area contributed by atoms with E-state index in [2.05, 4.69) is 0 Å². The topological polar surface area (TPSA) is 18.5 Å². The van der Waals surface area contributed by atoms with Crippen LogP contribution < -0.4 is 0 Å². The van der Waals surface area contributed by atoms with Crippen molar-refractivity contribution in [1.29, 1.82) is 0 Å². The molecule has 0 saturated carbocycles. The minimum absolute atomic E-state index is 0.0972. The summed E-state index contributed by atoms with van der Waals surface area (Å²) in [6, 6.07) is 0. The minimum Gasteiger partial charge on any atom is -0.348 e. The molecule has 2 heteroatoms. The highest BCUT2D eigenvalue weighted by atomic mass is 16.7. The van der Waals surface area contributed by atoms with Crippen LogP contribution in [0.1, 0.15) is 20.3 Å². The highest BCUT2D eigenvalue weighted by Crippen LogP contribution is 2.23. The normalized spacial score (nSPS) is 33.0. The van der Waals surface area contributed by atoms with E-state index in [1.54, 1.807) is 0 Å². The second-order valence-corrected chi connectivity index (χ2v) is 2.69. The molecule has 0 aromatic heterocycles. The average Bonchev–Trinajstić information content (AvgIpc) is 2.10. The van der Waals surface area contributed by atoms with Gasteiger partial charge in [0.2, 0.25) is 0 Å². The van der Waals surface area contributed by atoms with Gasteiger partial charge in [0.05, 0.1) is 12.7 Å². The van der Waals surface area contributed by atoms with Gasteiger partial charge in [-0.25, -0.2) is 0 Å². The summed E-state index contributed by atoms with van der Waals surface area (Å²) in [6.07, 6.45) is 0.642. The van der Waals surface area contributed by atoms with E-state index in [1.165, 1.54) is 0 Å². The summed E-state index contributed by atoms with van der Waals surface area (Å²) in [5.41, 5.74) is 0. The van der Waals surface area contributed by atoms with Crippen molar-refractivity contribution in [2.75, 3.05) is 6.61 Å². The van der Waals surface area contributed by atoms with Gasteiger partial charge in [0, 0.05) is 0 Å². The molecule has 1 aliphatic heterocycles. The third kappa shape index (κ3) is 1.66. The number of hydrogen-bond donors (Lipinski definition) is 0. The Labute approximate surface area is 56.2 Å². The van der Waals surface area contributed by atoms with E-state index in [1.807, 2.05) is 13.8 Å². The van der Waals surface area contributed by atoms with Crippen LogP contribution in [0.4, 0.5) is 0 Å². The molecular formula is C7H12O2. The molecule has 1 fully saturated rings.